The summed E-state index contributed by atoms with van der Waals surface area (Å²) in [5.41, 5.74) is 3.04. The molecule has 1 N–H and O–H groups in total. The number of para-hydroxylation sites is 2. The van der Waals surface area contributed by atoms with Gasteiger partial charge >= 0.3 is 0 Å². The van der Waals surface area contributed by atoms with Gasteiger partial charge in [-0.3, -0.25) is 4.79 Å². The zero-order valence-electron chi connectivity index (χ0n) is 12.7. The van der Waals surface area contributed by atoms with E-state index in [1.54, 1.807) is 6.92 Å². The molecule has 0 unspecified atom stereocenters. The molecule has 114 valence electrons. The molecule has 0 saturated carbocycles. The van der Waals surface area contributed by atoms with Crippen molar-refractivity contribution in [1.82, 2.24) is 0 Å². The van der Waals surface area contributed by atoms with E-state index in [9.17, 15) is 4.79 Å². The van der Waals surface area contributed by atoms with Crippen LogP contribution in [-0.2, 0) is 4.79 Å². The highest BCUT2D eigenvalue weighted by Crippen LogP contribution is 2.39. The quantitative estimate of drug-likeness (QED) is 0.876. The van der Waals surface area contributed by atoms with Gasteiger partial charge in [-0.25, -0.2) is 0 Å². The molecule has 0 aliphatic carbocycles. The molecule has 2 aromatic carbocycles. The molecule has 2 aromatic rings. The number of hydrogen-bond acceptors (Lipinski definition) is 2. The fourth-order valence-corrected chi connectivity index (χ4v) is 3.39. The summed E-state index contributed by atoms with van der Waals surface area (Å²) in [6.07, 6.45) is 0.849. The highest BCUT2D eigenvalue weighted by molar-refractivity contribution is 6.33. The fourth-order valence-electron chi connectivity index (χ4n) is 3.20. The number of fused-ring (bicyclic) bond motifs is 1. The fraction of sp³-hybridized carbons (Fsp3) is 0.278. The van der Waals surface area contributed by atoms with Crippen LogP contribution in [0.15, 0.2) is 48.5 Å². The second kappa shape index (κ2) is 6.01. The number of anilines is 2. The Bertz CT molecular complexity index is 701. The lowest BCUT2D eigenvalue weighted by Crippen LogP contribution is -2.43. The minimum absolute atomic E-state index is 0.0798. The third-order valence-electron chi connectivity index (χ3n) is 4.13. The Morgan fingerprint density at radius 3 is 2.59 bits per heavy atom. The number of hydrogen-bond donors (Lipinski definition) is 1. The van der Waals surface area contributed by atoms with E-state index in [0.717, 1.165) is 23.4 Å². The minimum atomic E-state index is 0.0798. The van der Waals surface area contributed by atoms with Gasteiger partial charge in [0.25, 0.3) is 0 Å². The topological polar surface area (TPSA) is 32.3 Å². The maximum absolute atomic E-state index is 12.0. The molecule has 0 radical (unpaired) electrons. The molecule has 0 saturated heterocycles. The van der Waals surface area contributed by atoms with Crippen LogP contribution in [0.3, 0.4) is 0 Å². The lowest BCUT2D eigenvalue weighted by atomic mass is 9.91. The highest BCUT2D eigenvalue weighted by atomic mass is 35.5. The Morgan fingerprint density at radius 1 is 1.18 bits per heavy atom. The summed E-state index contributed by atoms with van der Waals surface area (Å²) >= 11 is 6.26. The van der Waals surface area contributed by atoms with Crippen molar-refractivity contribution in [2.75, 3.05) is 10.2 Å². The van der Waals surface area contributed by atoms with E-state index in [-0.39, 0.29) is 18.0 Å². The molecule has 0 fully saturated rings. The summed E-state index contributed by atoms with van der Waals surface area (Å²) < 4.78 is 0. The predicted octanol–water partition coefficient (Wildman–Crippen LogP) is 4.64. The van der Waals surface area contributed by atoms with Crippen molar-refractivity contribution in [3.05, 3.63) is 59.1 Å². The Hall–Kier alpha value is -2.00. The van der Waals surface area contributed by atoms with Crippen molar-refractivity contribution in [2.24, 2.45) is 0 Å². The van der Waals surface area contributed by atoms with Crippen molar-refractivity contribution >= 4 is 28.9 Å². The summed E-state index contributed by atoms with van der Waals surface area (Å²) in [5, 5.41) is 4.24. The molecule has 1 amide bonds. The van der Waals surface area contributed by atoms with Gasteiger partial charge in [0.1, 0.15) is 0 Å². The van der Waals surface area contributed by atoms with Gasteiger partial charge in [-0.05, 0) is 37.1 Å². The van der Waals surface area contributed by atoms with Gasteiger partial charge in [-0.15, -0.1) is 0 Å². The third kappa shape index (κ3) is 2.69. The zero-order valence-corrected chi connectivity index (χ0v) is 13.5. The van der Waals surface area contributed by atoms with E-state index in [2.05, 4.69) is 18.3 Å². The second-order valence-corrected chi connectivity index (χ2v) is 6.12. The number of carbonyl (C=O) groups is 1. The third-order valence-corrected chi connectivity index (χ3v) is 4.46. The first kappa shape index (κ1) is 14.9. The normalized spacial score (nSPS) is 20.4. The molecule has 0 spiro atoms. The molecule has 3 nitrogen and oxygen atoms in total. The van der Waals surface area contributed by atoms with E-state index >= 15 is 0 Å². The number of amides is 1. The van der Waals surface area contributed by atoms with Crippen molar-refractivity contribution in [2.45, 2.75) is 32.4 Å². The first-order valence-corrected chi connectivity index (χ1v) is 7.85. The van der Waals surface area contributed by atoms with E-state index in [4.69, 9.17) is 11.6 Å². The summed E-state index contributed by atoms with van der Waals surface area (Å²) in [5.74, 6) is 0.0798. The maximum Gasteiger partial charge on any atom is 0.224 e. The number of carbonyl (C=O) groups excluding carboxylic acids is 1. The lowest BCUT2D eigenvalue weighted by Gasteiger charge is -2.39. The van der Waals surface area contributed by atoms with Crippen LogP contribution in [0.4, 0.5) is 11.4 Å². The molecule has 4 heteroatoms. The summed E-state index contributed by atoms with van der Waals surface area (Å²) in [4.78, 5) is 13.9. The zero-order chi connectivity index (χ0) is 15.7. The number of nitrogens with one attached hydrogen (secondary N) is 1. The van der Waals surface area contributed by atoms with Crippen molar-refractivity contribution < 1.29 is 4.79 Å². The average Bonchev–Trinajstić information content (AvgIpc) is 2.49. The van der Waals surface area contributed by atoms with Crippen LogP contribution in [0, 0.1) is 0 Å². The second-order valence-electron chi connectivity index (χ2n) is 5.71. The van der Waals surface area contributed by atoms with Crippen LogP contribution in [0.5, 0.6) is 0 Å². The van der Waals surface area contributed by atoms with Gasteiger partial charge in [0, 0.05) is 18.7 Å². The summed E-state index contributed by atoms with van der Waals surface area (Å²) in [7, 11) is 0. The molecule has 22 heavy (non-hydrogen) atoms. The molecule has 2 atom stereocenters. The van der Waals surface area contributed by atoms with Crippen LogP contribution >= 0.6 is 11.6 Å². The number of rotatable bonds is 2. The SMILES string of the molecule is CC(=O)N1c2ccccc2[C@@H](Nc2ccccc2Cl)C[C@@H]1C. The van der Waals surface area contributed by atoms with Crippen LogP contribution in [0.2, 0.25) is 5.02 Å². The van der Waals surface area contributed by atoms with Crippen molar-refractivity contribution in [3.8, 4) is 0 Å². The predicted molar refractivity (Wildman–Crippen MR) is 91.5 cm³/mol. The van der Waals surface area contributed by atoms with Gasteiger partial charge < -0.3 is 10.2 Å². The molecular formula is C18H19ClN2O. The van der Waals surface area contributed by atoms with Gasteiger partial charge in [-0.1, -0.05) is 41.9 Å². The number of halogens is 1. The van der Waals surface area contributed by atoms with E-state index < -0.39 is 0 Å². The molecule has 0 bridgehead atoms. The first-order chi connectivity index (χ1) is 10.6. The van der Waals surface area contributed by atoms with Crippen LogP contribution in [0.1, 0.15) is 31.9 Å². The lowest BCUT2D eigenvalue weighted by molar-refractivity contribution is -0.117. The summed E-state index contributed by atoms with van der Waals surface area (Å²) in [6.45, 7) is 3.70. The van der Waals surface area contributed by atoms with Crippen LogP contribution in [0.25, 0.3) is 0 Å². The van der Waals surface area contributed by atoms with E-state index in [1.165, 1.54) is 0 Å². The average molecular weight is 315 g/mol. The van der Waals surface area contributed by atoms with Crippen molar-refractivity contribution in [1.29, 1.82) is 0 Å². The monoisotopic (exact) mass is 314 g/mol. The molecule has 0 aromatic heterocycles. The maximum atomic E-state index is 12.0. The standard InChI is InChI=1S/C18H19ClN2O/c1-12-11-17(20-16-9-5-4-8-15(16)19)14-7-3-6-10-18(14)21(12)13(2)22/h3-10,12,17,20H,11H2,1-2H3/t12-,17-/m0/s1. The van der Waals surface area contributed by atoms with Gasteiger partial charge in [0.15, 0.2) is 0 Å². The van der Waals surface area contributed by atoms with Crippen LogP contribution < -0.4 is 10.2 Å². The number of benzene rings is 2. The Balaban J connectivity index is 1.98. The van der Waals surface area contributed by atoms with Crippen LogP contribution in [-0.4, -0.2) is 11.9 Å². The van der Waals surface area contributed by atoms with E-state index in [1.807, 2.05) is 47.4 Å². The molecular weight excluding hydrogens is 296 g/mol. The molecule has 1 heterocycles. The van der Waals surface area contributed by atoms with Crippen molar-refractivity contribution in [3.63, 3.8) is 0 Å². The highest BCUT2D eigenvalue weighted by Gasteiger charge is 2.32. The Kier molecular flexibility index (Phi) is 4.08. The molecule has 1 aliphatic heterocycles. The smallest absolute Gasteiger partial charge is 0.224 e. The van der Waals surface area contributed by atoms with Gasteiger partial charge in [0.05, 0.1) is 16.8 Å². The Labute approximate surface area is 135 Å². The summed E-state index contributed by atoms with van der Waals surface area (Å²) in [6, 6.07) is 16.1. The van der Waals surface area contributed by atoms with E-state index in [0.29, 0.717) is 5.02 Å². The minimum Gasteiger partial charge on any atom is -0.377 e. The first-order valence-electron chi connectivity index (χ1n) is 7.47. The Morgan fingerprint density at radius 2 is 1.86 bits per heavy atom. The molecule has 3 rings (SSSR count). The largest absolute Gasteiger partial charge is 0.377 e. The van der Waals surface area contributed by atoms with Gasteiger partial charge in [0.2, 0.25) is 5.91 Å². The number of nitrogens with zero attached hydrogens (tertiary/aromatic N) is 1. The van der Waals surface area contributed by atoms with Gasteiger partial charge in [-0.2, -0.15) is 0 Å². The molecule has 1 aliphatic rings.